The van der Waals surface area contributed by atoms with Gasteiger partial charge in [0.15, 0.2) is 0 Å². The summed E-state index contributed by atoms with van der Waals surface area (Å²) < 4.78 is 5.23. The van der Waals surface area contributed by atoms with Gasteiger partial charge in [-0.05, 0) is 51.2 Å². The zero-order chi connectivity index (χ0) is 11.9. The molecule has 2 rings (SSSR count). The summed E-state index contributed by atoms with van der Waals surface area (Å²) in [7, 11) is 1.81. The standard InChI is InChI=1S/C14H28N2O/c1-17-12-13-7-10-16(11-13)9-4-8-15-14-5-2-3-6-14/h13-15H,2-12H2,1H3. The number of ether oxygens (including phenoxy) is 1. The molecular formula is C14H28N2O. The SMILES string of the molecule is COCC1CCN(CCCNC2CCCC2)C1. The Morgan fingerprint density at radius 3 is 2.82 bits per heavy atom. The lowest BCUT2D eigenvalue weighted by molar-refractivity contribution is 0.153. The van der Waals surface area contributed by atoms with Gasteiger partial charge < -0.3 is 15.0 Å². The van der Waals surface area contributed by atoms with Crippen LogP contribution in [0.1, 0.15) is 38.5 Å². The quantitative estimate of drug-likeness (QED) is 0.688. The molecule has 3 nitrogen and oxygen atoms in total. The molecular weight excluding hydrogens is 212 g/mol. The molecule has 1 atom stereocenters. The molecule has 100 valence electrons. The van der Waals surface area contributed by atoms with Crippen LogP contribution in [-0.2, 0) is 4.74 Å². The fourth-order valence-electron chi connectivity index (χ4n) is 3.23. The van der Waals surface area contributed by atoms with Crippen LogP contribution in [-0.4, -0.2) is 50.8 Å². The lowest BCUT2D eigenvalue weighted by Gasteiger charge is -2.17. The third-order valence-electron chi connectivity index (χ3n) is 4.21. The first kappa shape index (κ1) is 13.3. The fourth-order valence-corrected chi connectivity index (χ4v) is 3.23. The Morgan fingerprint density at radius 1 is 1.24 bits per heavy atom. The highest BCUT2D eigenvalue weighted by molar-refractivity contribution is 4.76. The number of rotatable bonds is 7. The number of nitrogens with one attached hydrogen (secondary N) is 1. The summed E-state index contributed by atoms with van der Waals surface area (Å²) in [5, 5.41) is 3.69. The predicted octanol–water partition coefficient (Wildman–Crippen LogP) is 1.88. The summed E-state index contributed by atoms with van der Waals surface area (Å²) >= 11 is 0. The van der Waals surface area contributed by atoms with Crippen molar-refractivity contribution in [2.24, 2.45) is 5.92 Å². The largest absolute Gasteiger partial charge is 0.384 e. The van der Waals surface area contributed by atoms with Gasteiger partial charge in [0.2, 0.25) is 0 Å². The first-order valence-corrected chi connectivity index (χ1v) is 7.33. The van der Waals surface area contributed by atoms with Crippen LogP contribution < -0.4 is 5.32 Å². The van der Waals surface area contributed by atoms with E-state index < -0.39 is 0 Å². The van der Waals surface area contributed by atoms with Crippen molar-refractivity contribution in [2.45, 2.75) is 44.6 Å². The van der Waals surface area contributed by atoms with Crippen molar-refractivity contribution in [1.82, 2.24) is 10.2 Å². The van der Waals surface area contributed by atoms with Crippen LogP contribution in [0.5, 0.6) is 0 Å². The van der Waals surface area contributed by atoms with Gasteiger partial charge in [-0.2, -0.15) is 0 Å². The van der Waals surface area contributed by atoms with Crippen LogP contribution in [0.15, 0.2) is 0 Å². The molecule has 3 heteroatoms. The minimum Gasteiger partial charge on any atom is -0.384 e. The van der Waals surface area contributed by atoms with Crippen LogP contribution in [0.4, 0.5) is 0 Å². The van der Waals surface area contributed by atoms with Crippen LogP contribution >= 0.6 is 0 Å². The molecule has 1 aliphatic heterocycles. The molecule has 1 saturated carbocycles. The summed E-state index contributed by atoms with van der Waals surface area (Å²) in [6.45, 7) is 5.93. The second-order valence-corrected chi connectivity index (χ2v) is 5.70. The third-order valence-corrected chi connectivity index (χ3v) is 4.21. The minimum absolute atomic E-state index is 0.780. The van der Waals surface area contributed by atoms with Crippen molar-refractivity contribution >= 4 is 0 Å². The summed E-state index contributed by atoms with van der Waals surface area (Å²) in [4.78, 5) is 2.60. The van der Waals surface area contributed by atoms with Gasteiger partial charge in [0.05, 0.1) is 6.61 Å². The molecule has 0 bridgehead atoms. The van der Waals surface area contributed by atoms with E-state index in [9.17, 15) is 0 Å². The highest BCUT2D eigenvalue weighted by Crippen LogP contribution is 2.18. The van der Waals surface area contributed by atoms with Crippen molar-refractivity contribution in [3.8, 4) is 0 Å². The van der Waals surface area contributed by atoms with E-state index in [4.69, 9.17) is 4.74 Å². The van der Waals surface area contributed by atoms with Gasteiger partial charge in [-0.3, -0.25) is 0 Å². The summed E-state index contributed by atoms with van der Waals surface area (Å²) in [5.41, 5.74) is 0. The topological polar surface area (TPSA) is 24.5 Å². The van der Waals surface area contributed by atoms with Gasteiger partial charge in [-0.1, -0.05) is 12.8 Å². The summed E-state index contributed by atoms with van der Waals surface area (Å²) in [6.07, 6.45) is 8.30. The predicted molar refractivity (Wildman–Crippen MR) is 71.3 cm³/mol. The van der Waals surface area contributed by atoms with E-state index in [1.54, 1.807) is 0 Å². The van der Waals surface area contributed by atoms with E-state index in [1.165, 1.54) is 64.7 Å². The van der Waals surface area contributed by atoms with Gasteiger partial charge in [0.25, 0.3) is 0 Å². The zero-order valence-electron chi connectivity index (χ0n) is 11.3. The molecule has 2 aliphatic rings. The average molecular weight is 240 g/mol. The van der Waals surface area contributed by atoms with E-state index in [0.717, 1.165) is 18.6 Å². The van der Waals surface area contributed by atoms with Crippen molar-refractivity contribution < 1.29 is 4.74 Å². The Morgan fingerprint density at radius 2 is 2.06 bits per heavy atom. The molecule has 1 saturated heterocycles. The first-order chi connectivity index (χ1) is 8.38. The van der Waals surface area contributed by atoms with Crippen molar-refractivity contribution in [3.05, 3.63) is 0 Å². The van der Waals surface area contributed by atoms with E-state index in [-0.39, 0.29) is 0 Å². The van der Waals surface area contributed by atoms with Gasteiger partial charge in [0, 0.05) is 19.7 Å². The Bertz CT molecular complexity index is 204. The Hall–Kier alpha value is -0.120. The summed E-state index contributed by atoms with van der Waals surface area (Å²) in [6, 6.07) is 0.829. The van der Waals surface area contributed by atoms with Crippen molar-refractivity contribution in [1.29, 1.82) is 0 Å². The molecule has 2 fully saturated rings. The first-order valence-electron chi connectivity index (χ1n) is 7.33. The normalized spacial score (nSPS) is 27.0. The van der Waals surface area contributed by atoms with E-state index in [2.05, 4.69) is 10.2 Å². The molecule has 0 amide bonds. The lowest BCUT2D eigenvalue weighted by atomic mass is 10.1. The van der Waals surface area contributed by atoms with Crippen molar-refractivity contribution in [3.63, 3.8) is 0 Å². The molecule has 1 aliphatic carbocycles. The van der Waals surface area contributed by atoms with E-state index in [0.29, 0.717) is 0 Å². The van der Waals surface area contributed by atoms with E-state index >= 15 is 0 Å². The Balaban J connectivity index is 1.48. The fraction of sp³-hybridized carbons (Fsp3) is 1.00. The maximum atomic E-state index is 5.23. The highest BCUT2D eigenvalue weighted by atomic mass is 16.5. The maximum Gasteiger partial charge on any atom is 0.0503 e. The minimum atomic E-state index is 0.780. The smallest absolute Gasteiger partial charge is 0.0503 e. The molecule has 0 spiro atoms. The molecule has 1 heterocycles. The second kappa shape index (κ2) is 7.34. The number of likely N-dealkylation sites (tertiary alicyclic amines) is 1. The second-order valence-electron chi connectivity index (χ2n) is 5.70. The molecule has 17 heavy (non-hydrogen) atoms. The Labute approximate surface area is 106 Å². The van der Waals surface area contributed by atoms with Gasteiger partial charge >= 0.3 is 0 Å². The lowest BCUT2D eigenvalue weighted by Crippen LogP contribution is -2.30. The third kappa shape index (κ3) is 4.57. The summed E-state index contributed by atoms with van der Waals surface area (Å²) in [5.74, 6) is 0.780. The van der Waals surface area contributed by atoms with Crippen LogP contribution in [0.2, 0.25) is 0 Å². The molecule has 0 aromatic heterocycles. The maximum absolute atomic E-state index is 5.23. The monoisotopic (exact) mass is 240 g/mol. The molecule has 1 N–H and O–H groups in total. The van der Waals surface area contributed by atoms with Crippen LogP contribution in [0, 0.1) is 5.92 Å². The average Bonchev–Trinajstić information content (AvgIpc) is 2.96. The molecule has 0 aromatic carbocycles. The zero-order valence-corrected chi connectivity index (χ0v) is 11.3. The molecule has 1 unspecified atom stereocenters. The van der Waals surface area contributed by atoms with E-state index in [1.807, 2.05) is 7.11 Å². The van der Waals surface area contributed by atoms with Gasteiger partial charge in [0.1, 0.15) is 0 Å². The number of hydrogen-bond donors (Lipinski definition) is 1. The molecule has 0 radical (unpaired) electrons. The number of hydrogen-bond acceptors (Lipinski definition) is 3. The number of nitrogens with zero attached hydrogens (tertiary/aromatic N) is 1. The van der Waals surface area contributed by atoms with Gasteiger partial charge in [-0.15, -0.1) is 0 Å². The highest BCUT2D eigenvalue weighted by Gasteiger charge is 2.21. The number of methoxy groups -OCH3 is 1. The van der Waals surface area contributed by atoms with Crippen LogP contribution in [0.3, 0.4) is 0 Å². The van der Waals surface area contributed by atoms with Crippen LogP contribution in [0.25, 0.3) is 0 Å². The molecule has 0 aromatic rings. The Kier molecular flexibility index (Phi) is 5.75. The van der Waals surface area contributed by atoms with Gasteiger partial charge in [-0.25, -0.2) is 0 Å². The van der Waals surface area contributed by atoms with Crippen molar-refractivity contribution in [2.75, 3.05) is 39.9 Å².